The summed E-state index contributed by atoms with van der Waals surface area (Å²) in [7, 11) is 0. The van der Waals surface area contributed by atoms with Crippen molar-refractivity contribution in [3.63, 3.8) is 0 Å². The first kappa shape index (κ1) is 16.5. The number of amides is 1. The number of carbonyl (C=O) groups is 1. The van der Waals surface area contributed by atoms with Crippen molar-refractivity contribution in [3.8, 4) is 0 Å². The molecule has 0 aliphatic carbocycles. The summed E-state index contributed by atoms with van der Waals surface area (Å²) in [6.45, 7) is 2.57. The number of halogens is 1. The van der Waals surface area contributed by atoms with Crippen LogP contribution in [-0.2, 0) is 0 Å². The summed E-state index contributed by atoms with van der Waals surface area (Å²) >= 11 is 0. The van der Waals surface area contributed by atoms with Crippen LogP contribution in [-0.4, -0.2) is 28.7 Å². The van der Waals surface area contributed by atoms with Crippen LogP contribution < -0.4 is 11.1 Å². The number of fused-ring (bicyclic) bond motifs is 1. The van der Waals surface area contributed by atoms with E-state index in [2.05, 4.69) is 22.4 Å². The van der Waals surface area contributed by atoms with E-state index in [4.69, 9.17) is 5.73 Å². The third kappa shape index (κ3) is 3.71. The van der Waals surface area contributed by atoms with Crippen molar-refractivity contribution < 1.29 is 4.79 Å². The highest BCUT2D eigenvalue weighted by Crippen LogP contribution is 2.15. The molecule has 0 fully saturated rings. The fourth-order valence-electron chi connectivity index (χ4n) is 2.09. The zero-order valence-corrected chi connectivity index (χ0v) is 12.4. The van der Waals surface area contributed by atoms with E-state index in [1.807, 2.05) is 24.3 Å². The monoisotopic (exact) mass is 296 g/mol. The zero-order valence-electron chi connectivity index (χ0n) is 11.6. The summed E-state index contributed by atoms with van der Waals surface area (Å²) in [5, 5.41) is 10.7. The van der Waals surface area contributed by atoms with Crippen LogP contribution in [0, 0.1) is 0 Å². The molecule has 110 valence electrons. The summed E-state index contributed by atoms with van der Waals surface area (Å²) in [5.74, 6) is -0.163. The van der Waals surface area contributed by atoms with E-state index in [0.29, 0.717) is 12.2 Å². The van der Waals surface area contributed by atoms with E-state index in [1.54, 1.807) is 0 Å². The summed E-state index contributed by atoms with van der Waals surface area (Å²) in [4.78, 5) is 12.2. The fourth-order valence-corrected chi connectivity index (χ4v) is 2.09. The maximum Gasteiger partial charge on any atom is 0.272 e. The number of aromatic nitrogens is 2. The van der Waals surface area contributed by atoms with Crippen molar-refractivity contribution in [2.45, 2.75) is 32.2 Å². The minimum Gasteiger partial charge on any atom is -0.347 e. The molecular weight excluding hydrogens is 276 g/mol. The second kappa shape index (κ2) is 7.87. The minimum atomic E-state index is -0.163. The lowest BCUT2D eigenvalue weighted by Crippen LogP contribution is -2.40. The summed E-state index contributed by atoms with van der Waals surface area (Å²) < 4.78 is 0. The average molecular weight is 297 g/mol. The molecule has 5 nitrogen and oxygen atoms in total. The van der Waals surface area contributed by atoms with Gasteiger partial charge in [-0.1, -0.05) is 38.0 Å². The van der Waals surface area contributed by atoms with Gasteiger partial charge in [-0.15, -0.1) is 12.4 Å². The number of hydrogen-bond acceptors (Lipinski definition) is 3. The average Bonchev–Trinajstić information content (AvgIpc) is 2.87. The predicted molar refractivity (Wildman–Crippen MR) is 83.2 cm³/mol. The molecule has 0 aliphatic rings. The van der Waals surface area contributed by atoms with Gasteiger partial charge in [0.05, 0.1) is 5.52 Å². The van der Waals surface area contributed by atoms with Crippen LogP contribution in [0.1, 0.15) is 36.7 Å². The van der Waals surface area contributed by atoms with E-state index in [0.717, 1.165) is 30.2 Å². The molecule has 0 aliphatic heterocycles. The predicted octanol–water partition coefficient (Wildman–Crippen LogP) is 2.23. The fraction of sp³-hybridized carbons (Fsp3) is 0.429. The lowest BCUT2D eigenvalue weighted by Gasteiger charge is -2.15. The van der Waals surface area contributed by atoms with Gasteiger partial charge in [-0.05, 0) is 12.5 Å². The Hall–Kier alpha value is -1.59. The van der Waals surface area contributed by atoms with Gasteiger partial charge in [-0.2, -0.15) is 5.10 Å². The van der Waals surface area contributed by atoms with Gasteiger partial charge in [0.2, 0.25) is 0 Å². The Balaban J connectivity index is 0.00000200. The molecule has 1 aromatic carbocycles. The highest BCUT2D eigenvalue weighted by atomic mass is 35.5. The Bertz CT molecular complexity index is 555. The van der Waals surface area contributed by atoms with E-state index >= 15 is 0 Å². The Morgan fingerprint density at radius 2 is 2.20 bits per heavy atom. The summed E-state index contributed by atoms with van der Waals surface area (Å²) in [5.41, 5.74) is 6.99. The van der Waals surface area contributed by atoms with Crippen molar-refractivity contribution in [1.82, 2.24) is 15.5 Å². The SMILES string of the molecule is CCCCC(CN)NC(=O)c1n[nH]c2ccccc12.Cl. The lowest BCUT2D eigenvalue weighted by atomic mass is 10.1. The smallest absolute Gasteiger partial charge is 0.272 e. The number of H-pyrrole nitrogens is 1. The van der Waals surface area contributed by atoms with E-state index in [1.165, 1.54) is 0 Å². The molecule has 0 radical (unpaired) electrons. The molecule has 0 spiro atoms. The van der Waals surface area contributed by atoms with Gasteiger partial charge in [0.25, 0.3) is 5.91 Å². The number of aromatic amines is 1. The Morgan fingerprint density at radius 1 is 1.45 bits per heavy atom. The van der Waals surface area contributed by atoms with Crippen LogP contribution in [0.15, 0.2) is 24.3 Å². The van der Waals surface area contributed by atoms with E-state index < -0.39 is 0 Å². The Labute approximate surface area is 124 Å². The molecule has 0 saturated heterocycles. The van der Waals surface area contributed by atoms with Gasteiger partial charge in [0.1, 0.15) is 0 Å². The lowest BCUT2D eigenvalue weighted by molar-refractivity contribution is 0.0932. The number of nitrogens with one attached hydrogen (secondary N) is 2. The number of benzene rings is 1. The number of unbranched alkanes of at least 4 members (excludes halogenated alkanes) is 1. The second-order valence-corrected chi connectivity index (χ2v) is 4.67. The van der Waals surface area contributed by atoms with Crippen LogP contribution in [0.4, 0.5) is 0 Å². The molecule has 0 saturated carbocycles. The first-order chi connectivity index (χ1) is 9.26. The molecule has 4 N–H and O–H groups in total. The van der Waals surface area contributed by atoms with E-state index in [-0.39, 0.29) is 24.4 Å². The van der Waals surface area contributed by atoms with E-state index in [9.17, 15) is 4.79 Å². The highest BCUT2D eigenvalue weighted by Gasteiger charge is 2.16. The summed E-state index contributed by atoms with van der Waals surface area (Å²) in [6.07, 6.45) is 3.06. The maximum absolute atomic E-state index is 12.2. The minimum absolute atomic E-state index is 0. The molecular formula is C14H21ClN4O. The van der Waals surface area contributed by atoms with Gasteiger partial charge in [0.15, 0.2) is 5.69 Å². The second-order valence-electron chi connectivity index (χ2n) is 4.67. The molecule has 20 heavy (non-hydrogen) atoms. The maximum atomic E-state index is 12.2. The van der Waals surface area contributed by atoms with Crippen LogP contribution >= 0.6 is 12.4 Å². The van der Waals surface area contributed by atoms with Crippen molar-refractivity contribution in [1.29, 1.82) is 0 Å². The van der Waals surface area contributed by atoms with Gasteiger partial charge in [-0.25, -0.2) is 0 Å². The number of nitrogens with zero attached hydrogens (tertiary/aromatic N) is 1. The third-order valence-electron chi connectivity index (χ3n) is 3.21. The Kier molecular flexibility index (Phi) is 6.48. The standard InChI is InChI=1S/C14H20N4O.ClH/c1-2-3-6-10(9-15)16-14(19)13-11-7-4-5-8-12(11)17-18-13;/h4-5,7-8,10H,2-3,6,9,15H2,1H3,(H,16,19)(H,17,18);1H. The van der Waals surface area contributed by atoms with Gasteiger partial charge < -0.3 is 11.1 Å². The Morgan fingerprint density at radius 3 is 2.90 bits per heavy atom. The first-order valence-electron chi connectivity index (χ1n) is 6.70. The van der Waals surface area contributed by atoms with Crippen molar-refractivity contribution in [3.05, 3.63) is 30.0 Å². The van der Waals surface area contributed by atoms with Crippen LogP contribution in [0.25, 0.3) is 10.9 Å². The normalized spacial score (nSPS) is 11.9. The van der Waals surface area contributed by atoms with Crippen LogP contribution in [0.5, 0.6) is 0 Å². The van der Waals surface area contributed by atoms with Gasteiger partial charge >= 0.3 is 0 Å². The first-order valence-corrected chi connectivity index (χ1v) is 6.70. The number of hydrogen-bond donors (Lipinski definition) is 3. The molecule has 1 amide bonds. The molecule has 0 bridgehead atoms. The molecule has 1 unspecified atom stereocenters. The number of carbonyl (C=O) groups excluding carboxylic acids is 1. The molecule has 1 atom stereocenters. The molecule has 2 rings (SSSR count). The van der Waals surface area contributed by atoms with Crippen LogP contribution in [0.3, 0.4) is 0 Å². The largest absolute Gasteiger partial charge is 0.347 e. The number of para-hydroxylation sites is 1. The van der Waals surface area contributed by atoms with Crippen molar-refractivity contribution in [2.75, 3.05) is 6.54 Å². The van der Waals surface area contributed by atoms with Crippen molar-refractivity contribution in [2.24, 2.45) is 5.73 Å². The summed E-state index contributed by atoms with van der Waals surface area (Å²) in [6, 6.07) is 7.61. The quantitative estimate of drug-likeness (QED) is 0.764. The topological polar surface area (TPSA) is 83.8 Å². The van der Waals surface area contributed by atoms with Gasteiger partial charge in [-0.3, -0.25) is 9.89 Å². The molecule has 6 heteroatoms. The number of rotatable bonds is 6. The number of nitrogens with two attached hydrogens (primary N) is 1. The van der Waals surface area contributed by atoms with Crippen LogP contribution in [0.2, 0.25) is 0 Å². The zero-order chi connectivity index (χ0) is 13.7. The molecule has 1 aromatic heterocycles. The molecule has 1 heterocycles. The highest BCUT2D eigenvalue weighted by molar-refractivity contribution is 6.04. The third-order valence-corrected chi connectivity index (χ3v) is 3.21. The van der Waals surface area contributed by atoms with Crippen molar-refractivity contribution >= 4 is 29.2 Å². The van der Waals surface area contributed by atoms with Gasteiger partial charge in [0, 0.05) is 18.0 Å². The molecule has 2 aromatic rings.